The molecule has 2 rings (SSSR count). The number of imidazole rings is 1. The van der Waals surface area contributed by atoms with Crippen LogP contribution in [-0.2, 0) is 9.47 Å². The Morgan fingerprint density at radius 1 is 1.25 bits per heavy atom. The number of halogens is 1. The van der Waals surface area contributed by atoms with Crippen molar-refractivity contribution in [1.82, 2.24) is 14.4 Å². The average molecular weight is 343 g/mol. The number of nitrogens with zero attached hydrogens (tertiary/aromatic N) is 4. The second-order valence-corrected chi connectivity index (χ2v) is 5.18. The number of ether oxygens (including phenoxy) is 2. The van der Waals surface area contributed by atoms with Gasteiger partial charge in [0.05, 0.1) is 6.61 Å². The lowest BCUT2D eigenvalue weighted by Crippen LogP contribution is -2.30. The van der Waals surface area contributed by atoms with Gasteiger partial charge >= 0.3 is 0 Å². The number of aromatic nitrogens is 3. The molecule has 0 N–H and O–H groups in total. The van der Waals surface area contributed by atoms with Gasteiger partial charge in [-0.15, -0.1) is 0 Å². The fourth-order valence-corrected chi connectivity index (χ4v) is 2.41. The number of anilines is 1. The fraction of sp³-hybridized carbons (Fsp3) is 0.538. The first kappa shape index (κ1) is 15.2. The van der Waals surface area contributed by atoms with Crippen LogP contribution in [0.15, 0.2) is 23.2 Å². The van der Waals surface area contributed by atoms with Crippen LogP contribution in [0.4, 0.5) is 5.82 Å². The first-order valence-corrected chi connectivity index (χ1v) is 7.27. The van der Waals surface area contributed by atoms with E-state index in [1.54, 1.807) is 20.4 Å². The van der Waals surface area contributed by atoms with E-state index in [4.69, 9.17) is 9.47 Å². The maximum atomic E-state index is 5.18. The maximum Gasteiger partial charge on any atom is 0.180 e. The molecule has 2 aromatic heterocycles. The predicted octanol–water partition coefficient (Wildman–Crippen LogP) is 1.98. The third-order valence-corrected chi connectivity index (χ3v) is 3.35. The van der Waals surface area contributed by atoms with Gasteiger partial charge in [0.2, 0.25) is 0 Å². The van der Waals surface area contributed by atoms with Crippen molar-refractivity contribution < 1.29 is 9.47 Å². The van der Waals surface area contributed by atoms with Gasteiger partial charge in [0.25, 0.3) is 0 Å². The molecule has 0 aromatic carbocycles. The van der Waals surface area contributed by atoms with Crippen molar-refractivity contribution in [2.75, 3.05) is 45.4 Å². The van der Waals surface area contributed by atoms with E-state index < -0.39 is 0 Å². The highest BCUT2D eigenvalue weighted by atomic mass is 79.9. The summed E-state index contributed by atoms with van der Waals surface area (Å²) < 4.78 is 13.0. The smallest absolute Gasteiger partial charge is 0.180 e. The zero-order chi connectivity index (χ0) is 14.4. The minimum Gasteiger partial charge on any atom is -0.385 e. The number of methoxy groups -OCH3 is 2. The molecule has 0 fully saturated rings. The van der Waals surface area contributed by atoms with Crippen LogP contribution in [0, 0.1) is 0 Å². The van der Waals surface area contributed by atoms with Gasteiger partial charge in [-0.2, -0.15) is 0 Å². The molecule has 6 nitrogen and oxygen atoms in total. The minimum absolute atomic E-state index is 0.647. The first-order chi connectivity index (χ1) is 9.76. The summed E-state index contributed by atoms with van der Waals surface area (Å²) in [6.45, 7) is 2.99. The Balaban J connectivity index is 2.26. The quantitative estimate of drug-likeness (QED) is 0.686. The summed E-state index contributed by atoms with van der Waals surface area (Å²) in [6, 6.07) is 0. The standard InChI is InChI=1S/C13H19BrN4O2/c1-19-8-3-5-17(7-9-20-2)13-12-15-4-6-18(12)10-11(14)16-13/h4,6,10H,3,5,7-9H2,1-2H3. The summed E-state index contributed by atoms with van der Waals surface area (Å²) in [5, 5.41) is 0. The molecule has 2 aromatic rings. The lowest BCUT2D eigenvalue weighted by atomic mass is 10.3. The van der Waals surface area contributed by atoms with Gasteiger partial charge in [-0.1, -0.05) is 0 Å². The minimum atomic E-state index is 0.647. The zero-order valence-electron chi connectivity index (χ0n) is 11.8. The molecule has 0 spiro atoms. The molecule has 2 heterocycles. The van der Waals surface area contributed by atoms with Crippen LogP contribution in [0.1, 0.15) is 6.42 Å². The Bertz CT molecular complexity index is 546. The molecule has 7 heteroatoms. The number of rotatable bonds is 8. The molecular formula is C13H19BrN4O2. The molecule has 20 heavy (non-hydrogen) atoms. The summed E-state index contributed by atoms with van der Waals surface area (Å²) in [7, 11) is 3.41. The number of hydrogen-bond donors (Lipinski definition) is 0. The van der Waals surface area contributed by atoms with E-state index in [-0.39, 0.29) is 0 Å². The molecule has 0 aliphatic rings. The van der Waals surface area contributed by atoms with Gasteiger partial charge in [-0.25, -0.2) is 9.97 Å². The average Bonchev–Trinajstić information content (AvgIpc) is 2.90. The third-order valence-electron chi connectivity index (χ3n) is 2.97. The number of hydrogen-bond acceptors (Lipinski definition) is 5. The van der Waals surface area contributed by atoms with Gasteiger partial charge < -0.3 is 18.8 Å². The predicted molar refractivity (Wildman–Crippen MR) is 81.3 cm³/mol. The second-order valence-electron chi connectivity index (χ2n) is 4.37. The molecule has 0 radical (unpaired) electrons. The highest BCUT2D eigenvalue weighted by Crippen LogP contribution is 2.21. The monoisotopic (exact) mass is 342 g/mol. The molecule has 0 aliphatic heterocycles. The molecule has 0 saturated carbocycles. The van der Waals surface area contributed by atoms with Crippen molar-refractivity contribution in [2.45, 2.75) is 6.42 Å². The summed E-state index contributed by atoms with van der Waals surface area (Å²) >= 11 is 3.44. The topological polar surface area (TPSA) is 51.9 Å². The van der Waals surface area contributed by atoms with Crippen LogP contribution < -0.4 is 4.90 Å². The van der Waals surface area contributed by atoms with E-state index in [1.807, 2.05) is 16.8 Å². The molecular weight excluding hydrogens is 324 g/mol. The third kappa shape index (κ3) is 3.68. The molecule has 0 amide bonds. The first-order valence-electron chi connectivity index (χ1n) is 6.48. The Kier molecular flexibility index (Phi) is 5.75. The molecule has 0 unspecified atom stereocenters. The zero-order valence-corrected chi connectivity index (χ0v) is 13.3. The highest BCUT2D eigenvalue weighted by molar-refractivity contribution is 9.10. The van der Waals surface area contributed by atoms with Crippen LogP contribution in [0.25, 0.3) is 5.65 Å². The van der Waals surface area contributed by atoms with Crippen LogP contribution in [0.3, 0.4) is 0 Å². The Morgan fingerprint density at radius 2 is 2.05 bits per heavy atom. The van der Waals surface area contributed by atoms with Crippen LogP contribution >= 0.6 is 15.9 Å². The summed E-state index contributed by atoms with van der Waals surface area (Å²) in [6.07, 6.45) is 6.52. The van der Waals surface area contributed by atoms with Crippen LogP contribution in [0.2, 0.25) is 0 Å². The van der Waals surface area contributed by atoms with E-state index in [0.717, 1.165) is 42.2 Å². The molecule has 0 aliphatic carbocycles. The Labute approximate surface area is 126 Å². The molecule has 0 atom stereocenters. The number of fused-ring (bicyclic) bond motifs is 1. The van der Waals surface area contributed by atoms with E-state index in [1.165, 1.54) is 0 Å². The Hall–Kier alpha value is -1.18. The molecule has 110 valence electrons. The Morgan fingerprint density at radius 3 is 2.80 bits per heavy atom. The van der Waals surface area contributed by atoms with Crippen molar-refractivity contribution >= 4 is 27.4 Å². The van der Waals surface area contributed by atoms with E-state index in [0.29, 0.717) is 6.61 Å². The van der Waals surface area contributed by atoms with E-state index in [2.05, 4.69) is 30.8 Å². The van der Waals surface area contributed by atoms with Crippen molar-refractivity contribution in [3.63, 3.8) is 0 Å². The normalized spacial score (nSPS) is 11.2. The second kappa shape index (κ2) is 7.56. The van der Waals surface area contributed by atoms with Crippen molar-refractivity contribution in [3.05, 3.63) is 23.2 Å². The lowest BCUT2D eigenvalue weighted by molar-refractivity contribution is 0.191. The summed E-state index contributed by atoms with van der Waals surface area (Å²) in [5.41, 5.74) is 0.849. The van der Waals surface area contributed by atoms with Crippen molar-refractivity contribution in [3.8, 4) is 0 Å². The fourth-order valence-electron chi connectivity index (χ4n) is 2.02. The SMILES string of the molecule is COCCCN(CCOC)c1nc(Br)cn2ccnc12. The van der Waals surface area contributed by atoms with Gasteiger partial charge in [-0.05, 0) is 22.4 Å². The van der Waals surface area contributed by atoms with Crippen LogP contribution in [0.5, 0.6) is 0 Å². The van der Waals surface area contributed by atoms with Gasteiger partial charge in [0.15, 0.2) is 11.5 Å². The van der Waals surface area contributed by atoms with Crippen molar-refractivity contribution in [1.29, 1.82) is 0 Å². The summed E-state index contributed by atoms with van der Waals surface area (Å²) in [5.74, 6) is 0.859. The van der Waals surface area contributed by atoms with E-state index in [9.17, 15) is 0 Å². The van der Waals surface area contributed by atoms with Crippen LogP contribution in [-0.4, -0.2) is 54.9 Å². The summed E-state index contributed by atoms with van der Waals surface area (Å²) in [4.78, 5) is 11.1. The van der Waals surface area contributed by atoms with Crippen molar-refractivity contribution in [2.24, 2.45) is 0 Å². The molecule has 0 saturated heterocycles. The van der Waals surface area contributed by atoms with E-state index >= 15 is 0 Å². The molecule has 0 bridgehead atoms. The largest absolute Gasteiger partial charge is 0.385 e. The lowest BCUT2D eigenvalue weighted by Gasteiger charge is -2.23. The van der Waals surface area contributed by atoms with Gasteiger partial charge in [-0.3, -0.25) is 0 Å². The maximum absolute atomic E-state index is 5.18. The highest BCUT2D eigenvalue weighted by Gasteiger charge is 2.14. The van der Waals surface area contributed by atoms with Gasteiger partial charge in [0.1, 0.15) is 4.60 Å². The van der Waals surface area contributed by atoms with Gasteiger partial charge in [0, 0.05) is 52.5 Å².